The summed E-state index contributed by atoms with van der Waals surface area (Å²) in [6.45, 7) is 1.65. The maximum absolute atomic E-state index is 14.1. The van der Waals surface area contributed by atoms with Crippen LogP contribution >= 0.6 is 0 Å². The highest BCUT2D eigenvalue weighted by Gasteiger charge is 2.45. The van der Waals surface area contributed by atoms with E-state index in [1.54, 1.807) is 12.1 Å². The van der Waals surface area contributed by atoms with Gasteiger partial charge in [-0.15, -0.1) is 0 Å². The maximum Gasteiger partial charge on any atom is 0.429 e. The summed E-state index contributed by atoms with van der Waals surface area (Å²) >= 11 is 0. The topological polar surface area (TPSA) is 151 Å². The van der Waals surface area contributed by atoms with Crippen molar-refractivity contribution in [2.45, 2.75) is 37.6 Å². The molecule has 5 rings (SSSR count). The van der Waals surface area contributed by atoms with E-state index in [9.17, 15) is 27.9 Å². The van der Waals surface area contributed by atoms with Gasteiger partial charge < -0.3 is 30.9 Å². The van der Waals surface area contributed by atoms with Crippen molar-refractivity contribution in [1.82, 2.24) is 15.3 Å². The molecule has 5 N–H and O–H groups in total. The first-order chi connectivity index (χ1) is 19.4. The number of anilines is 2. The van der Waals surface area contributed by atoms with Crippen LogP contribution in [0, 0.1) is 5.41 Å². The molecule has 10 nitrogen and oxygen atoms in total. The monoisotopic (exact) mass is 571 g/mol. The fourth-order valence-corrected chi connectivity index (χ4v) is 5.44. The number of carboxylic acid groups (broad SMARTS) is 2. The molecule has 3 heterocycles. The standard InChI is InChI=1S/C28H28F3N5O5/c29-28(30,31)23(18-5-1-16(2-6-18)17-3-7-19(8-4-17)24(37)38)41-22-13-21(34-26(32)35-22)36-11-9-27(10-12-36)14-20(25(39)40)33-15-27/h1-8,13,20,23,33H,9-12,14-15H2,(H,37,38)(H,39,40)(H2,32,34,35)/t20?,23-/m1/s1. The van der Waals surface area contributed by atoms with Gasteiger partial charge in [0.1, 0.15) is 11.9 Å². The fourth-order valence-electron chi connectivity index (χ4n) is 5.44. The Labute approximate surface area is 233 Å². The van der Waals surface area contributed by atoms with E-state index in [0.29, 0.717) is 55.8 Å². The van der Waals surface area contributed by atoms with Gasteiger partial charge in [-0.1, -0.05) is 36.4 Å². The number of nitrogens with zero attached hydrogens (tertiary/aromatic N) is 3. The summed E-state index contributed by atoms with van der Waals surface area (Å²) in [6.07, 6.45) is -5.18. The molecule has 216 valence electrons. The number of carboxylic acids is 2. The zero-order valence-corrected chi connectivity index (χ0v) is 21.8. The quantitative estimate of drug-likeness (QED) is 0.326. The normalized spacial score (nSPS) is 19.2. The first-order valence-corrected chi connectivity index (χ1v) is 13.0. The number of rotatable bonds is 7. The molecule has 1 unspecified atom stereocenters. The summed E-state index contributed by atoms with van der Waals surface area (Å²) < 4.78 is 47.8. The van der Waals surface area contributed by atoms with E-state index in [1.165, 1.54) is 42.5 Å². The molecule has 0 aliphatic carbocycles. The lowest BCUT2D eigenvalue weighted by Gasteiger charge is -2.39. The maximum atomic E-state index is 14.1. The van der Waals surface area contributed by atoms with Crippen LogP contribution in [0.1, 0.15) is 41.3 Å². The van der Waals surface area contributed by atoms with Crippen LogP contribution in [0.5, 0.6) is 5.88 Å². The Morgan fingerprint density at radius 3 is 2.17 bits per heavy atom. The SMILES string of the molecule is Nc1nc(O[C@H](c2ccc(-c3ccc(C(=O)O)cc3)cc2)C(F)(F)F)cc(N2CCC3(CC2)CNC(C(=O)O)C3)n1. The molecule has 41 heavy (non-hydrogen) atoms. The molecule has 2 aromatic carbocycles. The number of nitrogen functional groups attached to an aromatic ring is 1. The third-order valence-corrected chi connectivity index (χ3v) is 7.73. The Morgan fingerprint density at radius 2 is 1.63 bits per heavy atom. The summed E-state index contributed by atoms with van der Waals surface area (Å²) in [6, 6.07) is 12.4. The molecule has 2 atom stereocenters. The number of nitrogens with one attached hydrogen (secondary N) is 1. The molecule has 1 spiro atoms. The van der Waals surface area contributed by atoms with Crippen LogP contribution in [-0.2, 0) is 4.79 Å². The number of halogens is 3. The molecule has 3 aromatic rings. The van der Waals surface area contributed by atoms with Crippen LogP contribution in [0.4, 0.5) is 24.9 Å². The molecule has 0 bridgehead atoms. The number of nitrogens with two attached hydrogens (primary N) is 1. The Balaban J connectivity index is 1.31. The highest BCUT2D eigenvalue weighted by molar-refractivity contribution is 5.88. The van der Waals surface area contributed by atoms with E-state index < -0.39 is 30.3 Å². The molecule has 0 saturated carbocycles. The van der Waals surface area contributed by atoms with E-state index in [0.717, 1.165) is 0 Å². The molecule has 2 aliphatic heterocycles. The van der Waals surface area contributed by atoms with Gasteiger partial charge >= 0.3 is 18.1 Å². The zero-order valence-electron chi connectivity index (χ0n) is 21.8. The average Bonchev–Trinajstić information content (AvgIpc) is 3.35. The second kappa shape index (κ2) is 10.9. The van der Waals surface area contributed by atoms with Crippen molar-refractivity contribution in [3.8, 4) is 17.0 Å². The molecule has 2 saturated heterocycles. The van der Waals surface area contributed by atoms with Crippen molar-refractivity contribution >= 4 is 23.7 Å². The number of hydrogen-bond acceptors (Lipinski definition) is 8. The van der Waals surface area contributed by atoms with Gasteiger partial charge in [0.05, 0.1) is 5.56 Å². The fraction of sp³-hybridized carbons (Fsp3) is 0.357. The number of aliphatic carboxylic acids is 1. The van der Waals surface area contributed by atoms with E-state index >= 15 is 0 Å². The highest BCUT2D eigenvalue weighted by atomic mass is 19.4. The Bertz CT molecular complexity index is 1420. The van der Waals surface area contributed by atoms with Gasteiger partial charge in [0.15, 0.2) is 0 Å². The van der Waals surface area contributed by atoms with Crippen molar-refractivity contribution in [2.24, 2.45) is 5.41 Å². The molecule has 13 heteroatoms. The Morgan fingerprint density at radius 1 is 1.02 bits per heavy atom. The van der Waals surface area contributed by atoms with E-state index in [-0.39, 0.29) is 28.4 Å². The molecular weight excluding hydrogens is 543 g/mol. The van der Waals surface area contributed by atoms with Gasteiger partial charge in [-0.05, 0) is 47.9 Å². The lowest BCUT2D eigenvalue weighted by atomic mass is 9.76. The zero-order chi connectivity index (χ0) is 29.4. The third kappa shape index (κ3) is 6.19. The summed E-state index contributed by atoms with van der Waals surface area (Å²) in [5.41, 5.74) is 6.91. The lowest BCUT2D eigenvalue weighted by Crippen LogP contribution is -2.41. The van der Waals surface area contributed by atoms with E-state index in [4.69, 9.17) is 15.6 Å². The molecule has 0 radical (unpaired) electrons. The molecule has 2 aliphatic rings. The van der Waals surface area contributed by atoms with Crippen molar-refractivity contribution in [2.75, 3.05) is 30.3 Å². The predicted molar refractivity (Wildman–Crippen MR) is 143 cm³/mol. The van der Waals surface area contributed by atoms with Gasteiger partial charge in [-0.2, -0.15) is 23.1 Å². The Hall–Kier alpha value is -4.39. The first-order valence-electron chi connectivity index (χ1n) is 13.0. The van der Waals surface area contributed by atoms with Crippen LogP contribution in [0.25, 0.3) is 11.1 Å². The third-order valence-electron chi connectivity index (χ3n) is 7.73. The number of benzene rings is 2. The van der Waals surface area contributed by atoms with Crippen molar-refractivity contribution in [3.63, 3.8) is 0 Å². The van der Waals surface area contributed by atoms with Crippen LogP contribution in [0.2, 0.25) is 0 Å². The number of hydrogen-bond donors (Lipinski definition) is 4. The number of piperidine rings is 1. The first kappa shape index (κ1) is 28.1. The van der Waals surface area contributed by atoms with E-state index in [2.05, 4.69) is 15.3 Å². The summed E-state index contributed by atoms with van der Waals surface area (Å²) in [7, 11) is 0. The minimum atomic E-state index is -4.77. The summed E-state index contributed by atoms with van der Waals surface area (Å²) in [5.74, 6) is -2.17. The van der Waals surface area contributed by atoms with Crippen LogP contribution in [-0.4, -0.2) is 64.0 Å². The van der Waals surface area contributed by atoms with Gasteiger partial charge in [0, 0.05) is 31.3 Å². The predicted octanol–water partition coefficient (Wildman–Crippen LogP) is 4.14. The molecule has 1 aromatic heterocycles. The smallest absolute Gasteiger partial charge is 0.429 e. The number of carbonyl (C=O) groups is 2. The molecule has 2 fully saturated rings. The second-order valence-electron chi connectivity index (χ2n) is 10.4. The van der Waals surface area contributed by atoms with Gasteiger partial charge in [-0.3, -0.25) is 4.79 Å². The van der Waals surface area contributed by atoms with Gasteiger partial charge in [0.25, 0.3) is 0 Å². The second-order valence-corrected chi connectivity index (χ2v) is 10.4. The van der Waals surface area contributed by atoms with Crippen LogP contribution < -0.4 is 20.7 Å². The summed E-state index contributed by atoms with van der Waals surface area (Å²) in [5, 5.41) is 21.4. The number of alkyl halides is 3. The molecule has 0 amide bonds. The number of aromatic carboxylic acids is 1. The average molecular weight is 572 g/mol. The van der Waals surface area contributed by atoms with Gasteiger partial charge in [-0.25, -0.2) is 4.79 Å². The van der Waals surface area contributed by atoms with Crippen molar-refractivity contribution < 1.29 is 37.7 Å². The van der Waals surface area contributed by atoms with Crippen molar-refractivity contribution in [3.05, 3.63) is 65.7 Å². The van der Waals surface area contributed by atoms with E-state index in [1.807, 2.05) is 4.90 Å². The van der Waals surface area contributed by atoms with Gasteiger partial charge in [0.2, 0.25) is 17.9 Å². The summed E-state index contributed by atoms with van der Waals surface area (Å²) in [4.78, 5) is 32.4. The minimum Gasteiger partial charge on any atom is -0.480 e. The van der Waals surface area contributed by atoms with Crippen LogP contribution in [0.3, 0.4) is 0 Å². The lowest BCUT2D eigenvalue weighted by molar-refractivity contribution is -0.198. The minimum absolute atomic E-state index is 0.103. The molecular formula is C28H28F3N5O5. The number of ether oxygens (including phenoxy) is 1. The van der Waals surface area contributed by atoms with Crippen LogP contribution in [0.15, 0.2) is 54.6 Å². The largest absolute Gasteiger partial charge is 0.480 e. The Kier molecular flexibility index (Phi) is 7.47. The highest BCUT2D eigenvalue weighted by Crippen LogP contribution is 2.41. The number of aromatic nitrogens is 2. The van der Waals surface area contributed by atoms with Crippen molar-refractivity contribution in [1.29, 1.82) is 0 Å².